The van der Waals surface area contributed by atoms with E-state index in [0.717, 1.165) is 0 Å². The monoisotopic (exact) mass is 227 g/mol. The second-order valence-corrected chi connectivity index (χ2v) is 3.14. The van der Waals surface area contributed by atoms with Gasteiger partial charge in [-0.05, 0) is 18.2 Å². The number of benzene rings is 1. The zero-order chi connectivity index (χ0) is 12.0. The first-order valence-electron chi connectivity index (χ1n) is 4.85. The van der Waals surface area contributed by atoms with Crippen LogP contribution in [0.3, 0.4) is 0 Å². The fraction of sp³-hybridized carbons (Fsp3) is 0.364. The summed E-state index contributed by atoms with van der Waals surface area (Å²) in [5.41, 5.74) is 6.33. The van der Waals surface area contributed by atoms with Gasteiger partial charge >= 0.3 is 5.97 Å². The van der Waals surface area contributed by atoms with Crippen LogP contribution in [0.15, 0.2) is 18.2 Å². The van der Waals surface area contributed by atoms with Gasteiger partial charge < -0.3 is 15.2 Å². The SMILES string of the molecule is COc1ccc(C(=O)OCCCF)cc1N. The number of alkyl halides is 1. The summed E-state index contributed by atoms with van der Waals surface area (Å²) < 4.78 is 21.6. The van der Waals surface area contributed by atoms with Crippen molar-refractivity contribution < 1.29 is 18.7 Å². The predicted molar refractivity (Wildman–Crippen MR) is 58.3 cm³/mol. The molecule has 0 bridgehead atoms. The van der Waals surface area contributed by atoms with Gasteiger partial charge in [-0.25, -0.2) is 4.79 Å². The fourth-order valence-electron chi connectivity index (χ4n) is 1.16. The van der Waals surface area contributed by atoms with Crippen molar-refractivity contribution in [2.24, 2.45) is 0 Å². The number of halogens is 1. The Labute approximate surface area is 93.2 Å². The molecular weight excluding hydrogens is 213 g/mol. The molecule has 0 aliphatic heterocycles. The van der Waals surface area contributed by atoms with Crippen molar-refractivity contribution in [1.29, 1.82) is 0 Å². The highest BCUT2D eigenvalue weighted by Gasteiger charge is 2.09. The molecule has 0 radical (unpaired) electrons. The van der Waals surface area contributed by atoms with Crippen molar-refractivity contribution >= 4 is 11.7 Å². The molecule has 0 unspecified atom stereocenters. The van der Waals surface area contributed by atoms with Crippen LogP contribution in [0, 0.1) is 0 Å². The quantitative estimate of drug-likeness (QED) is 0.473. The van der Waals surface area contributed by atoms with Crippen molar-refractivity contribution in [2.45, 2.75) is 6.42 Å². The van der Waals surface area contributed by atoms with Crippen LogP contribution in [0.4, 0.5) is 10.1 Å². The third-order valence-corrected chi connectivity index (χ3v) is 1.98. The van der Waals surface area contributed by atoms with Gasteiger partial charge in [0.1, 0.15) is 5.75 Å². The molecule has 0 heterocycles. The van der Waals surface area contributed by atoms with E-state index in [1.807, 2.05) is 0 Å². The Morgan fingerprint density at radius 2 is 2.25 bits per heavy atom. The molecule has 0 saturated heterocycles. The van der Waals surface area contributed by atoms with Crippen molar-refractivity contribution in [3.05, 3.63) is 23.8 Å². The molecule has 1 rings (SSSR count). The third kappa shape index (κ3) is 3.12. The minimum atomic E-state index is -0.511. The van der Waals surface area contributed by atoms with Crippen molar-refractivity contribution in [3.8, 4) is 5.75 Å². The summed E-state index contributed by atoms with van der Waals surface area (Å²) in [5, 5.41) is 0. The Morgan fingerprint density at radius 3 is 2.81 bits per heavy atom. The number of ether oxygens (including phenoxy) is 2. The van der Waals surface area contributed by atoms with E-state index in [9.17, 15) is 9.18 Å². The van der Waals surface area contributed by atoms with E-state index >= 15 is 0 Å². The van der Waals surface area contributed by atoms with Crippen LogP contribution in [-0.4, -0.2) is 26.4 Å². The van der Waals surface area contributed by atoms with Gasteiger partial charge in [-0.1, -0.05) is 0 Å². The summed E-state index contributed by atoms with van der Waals surface area (Å²) in [6.07, 6.45) is 0.206. The number of carbonyl (C=O) groups excluding carboxylic acids is 1. The van der Waals surface area contributed by atoms with Gasteiger partial charge in [0.2, 0.25) is 0 Å². The Hall–Kier alpha value is -1.78. The van der Waals surface area contributed by atoms with Crippen LogP contribution < -0.4 is 10.5 Å². The second-order valence-electron chi connectivity index (χ2n) is 3.14. The number of methoxy groups -OCH3 is 1. The summed E-state index contributed by atoms with van der Waals surface area (Å²) in [6, 6.07) is 4.60. The molecule has 5 heteroatoms. The lowest BCUT2D eigenvalue weighted by atomic mass is 10.2. The largest absolute Gasteiger partial charge is 0.495 e. The second kappa shape index (κ2) is 5.95. The molecular formula is C11H14FNO3. The molecule has 0 fully saturated rings. The molecule has 0 spiro atoms. The lowest BCUT2D eigenvalue weighted by Crippen LogP contribution is -2.07. The zero-order valence-corrected chi connectivity index (χ0v) is 9.03. The molecule has 16 heavy (non-hydrogen) atoms. The Bertz CT molecular complexity index is 368. The Morgan fingerprint density at radius 1 is 1.50 bits per heavy atom. The first-order chi connectivity index (χ1) is 7.69. The van der Waals surface area contributed by atoms with Crippen molar-refractivity contribution in [1.82, 2.24) is 0 Å². The van der Waals surface area contributed by atoms with Crippen LogP contribution in [0.5, 0.6) is 5.75 Å². The predicted octanol–water partition coefficient (Wildman–Crippen LogP) is 1.79. The normalized spacial score (nSPS) is 9.88. The molecule has 1 aromatic carbocycles. The molecule has 0 aliphatic rings. The van der Waals surface area contributed by atoms with Gasteiger partial charge in [0.25, 0.3) is 0 Å². The van der Waals surface area contributed by atoms with Crippen LogP contribution >= 0.6 is 0 Å². The number of nitrogen functional groups attached to an aromatic ring is 1. The molecule has 2 N–H and O–H groups in total. The van der Waals surface area contributed by atoms with Crippen molar-refractivity contribution in [2.75, 3.05) is 26.1 Å². The number of anilines is 1. The first kappa shape index (κ1) is 12.3. The van der Waals surface area contributed by atoms with Gasteiger partial charge in [-0.15, -0.1) is 0 Å². The fourth-order valence-corrected chi connectivity index (χ4v) is 1.16. The third-order valence-electron chi connectivity index (χ3n) is 1.98. The minimum absolute atomic E-state index is 0.0707. The topological polar surface area (TPSA) is 61.5 Å². The molecule has 4 nitrogen and oxygen atoms in total. The first-order valence-corrected chi connectivity index (χ1v) is 4.85. The van der Waals surface area contributed by atoms with E-state index in [-0.39, 0.29) is 13.0 Å². The van der Waals surface area contributed by atoms with E-state index in [2.05, 4.69) is 0 Å². The molecule has 0 atom stereocenters. The molecule has 88 valence electrons. The van der Waals surface area contributed by atoms with Gasteiger partial charge in [-0.2, -0.15) is 0 Å². The van der Waals surface area contributed by atoms with Crippen LogP contribution in [0.1, 0.15) is 16.8 Å². The molecule has 1 aromatic rings. The van der Waals surface area contributed by atoms with E-state index in [1.165, 1.54) is 13.2 Å². The highest BCUT2D eigenvalue weighted by Crippen LogP contribution is 2.22. The lowest BCUT2D eigenvalue weighted by molar-refractivity contribution is 0.0494. The maximum atomic E-state index is 11.8. The van der Waals surface area contributed by atoms with Gasteiger partial charge in [0, 0.05) is 6.42 Å². The highest BCUT2D eigenvalue weighted by molar-refractivity contribution is 5.91. The highest BCUT2D eigenvalue weighted by atomic mass is 19.1. The van der Waals surface area contributed by atoms with E-state index in [0.29, 0.717) is 17.0 Å². The molecule has 0 aromatic heterocycles. The molecule has 0 aliphatic carbocycles. The van der Waals surface area contributed by atoms with Gasteiger partial charge in [0.05, 0.1) is 31.6 Å². The number of nitrogens with two attached hydrogens (primary N) is 1. The van der Waals surface area contributed by atoms with E-state index in [1.54, 1.807) is 12.1 Å². The van der Waals surface area contributed by atoms with Crippen LogP contribution in [0.2, 0.25) is 0 Å². The minimum Gasteiger partial charge on any atom is -0.495 e. The number of esters is 1. The average molecular weight is 227 g/mol. The van der Waals surface area contributed by atoms with Crippen molar-refractivity contribution in [3.63, 3.8) is 0 Å². The maximum Gasteiger partial charge on any atom is 0.338 e. The summed E-state index contributed by atoms with van der Waals surface area (Å²) in [7, 11) is 1.49. The smallest absolute Gasteiger partial charge is 0.338 e. The number of carbonyl (C=O) groups is 1. The van der Waals surface area contributed by atoms with E-state index < -0.39 is 12.6 Å². The van der Waals surface area contributed by atoms with Crippen LogP contribution in [0.25, 0.3) is 0 Å². The maximum absolute atomic E-state index is 11.8. The van der Waals surface area contributed by atoms with E-state index in [4.69, 9.17) is 15.2 Å². The van der Waals surface area contributed by atoms with Gasteiger partial charge in [-0.3, -0.25) is 4.39 Å². The number of rotatable bonds is 5. The van der Waals surface area contributed by atoms with Crippen LogP contribution in [-0.2, 0) is 4.74 Å². The number of hydrogen-bond acceptors (Lipinski definition) is 4. The molecule has 0 amide bonds. The average Bonchev–Trinajstić information content (AvgIpc) is 2.29. The molecule has 0 saturated carbocycles. The summed E-state index contributed by atoms with van der Waals surface area (Å²) in [5.74, 6) is -0.0110. The lowest BCUT2D eigenvalue weighted by Gasteiger charge is -2.07. The summed E-state index contributed by atoms with van der Waals surface area (Å²) >= 11 is 0. The zero-order valence-electron chi connectivity index (χ0n) is 9.03. The summed E-state index contributed by atoms with van der Waals surface area (Å²) in [6.45, 7) is -0.431. The van der Waals surface area contributed by atoms with Gasteiger partial charge in [0.15, 0.2) is 0 Å². The summed E-state index contributed by atoms with van der Waals surface area (Å²) in [4.78, 5) is 11.4. The standard InChI is InChI=1S/C11H14FNO3/c1-15-10-4-3-8(7-9(10)13)11(14)16-6-2-5-12/h3-4,7H,2,5-6,13H2,1H3. The Balaban J connectivity index is 2.66. The Kier molecular flexibility index (Phi) is 4.57. The number of hydrogen-bond donors (Lipinski definition) is 1.